The van der Waals surface area contributed by atoms with Gasteiger partial charge in [-0.25, -0.2) is 90.8 Å². The van der Waals surface area contributed by atoms with E-state index < -0.39 is 48.6 Å². The number of anilines is 5. The van der Waals surface area contributed by atoms with E-state index in [9.17, 15) is 21.0 Å². The highest BCUT2D eigenvalue weighted by molar-refractivity contribution is 7.94. The first-order chi connectivity index (χ1) is 70.0. The smallest absolute Gasteiger partial charge is 0.214 e. The number of morpholine rings is 5. The Morgan fingerprint density at radius 3 is 1.01 bits per heavy atom. The molecule has 10 saturated heterocycles. The van der Waals surface area contributed by atoms with Crippen LogP contribution in [0.15, 0.2) is 97.2 Å². The molecule has 0 aromatic carbocycles. The second-order valence-electron chi connectivity index (χ2n) is 39.2. The van der Waals surface area contributed by atoms with Crippen LogP contribution in [0.5, 0.6) is 11.8 Å². The van der Waals surface area contributed by atoms with Crippen molar-refractivity contribution >= 4 is 113 Å². The molecule has 20 heterocycles. The first-order valence-corrected chi connectivity index (χ1v) is 60.0. The van der Waals surface area contributed by atoms with E-state index in [4.69, 9.17) is 130 Å². The van der Waals surface area contributed by atoms with Crippen LogP contribution in [-0.2, 0) is 85.2 Å². The summed E-state index contributed by atoms with van der Waals surface area (Å²) in [5.41, 5.74) is 14.0. The monoisotopic (exact) mass is 2130 g/mol. The van der Waals surface area contributed by atoms with Crippen LogP contribution < -0.4 is 34.0 Å². The van der Waals surface area contributed by atoms with Crippen molar-refractivity contribution in [2.24, 2.45) is 0 Å². The number of methoxy groups -OCH3 is 1. The predicted molar refractivity (Wildman–Crippen MR) is 570 cm³/mol. The van der Waals surface area contributed by atoms with E-state index in [0.717, 1.165) is 199 Å². The predicted octanol–water partition coefficient (Wildman–Crippen LogP) is 17.0. The number of hydrogen-bond donors (Lipinski definition) is 5. The molecule has 10 fully saturated rings. The van der Waals surface area contributed by atoms with Crippen molar-refractivity contribution in [1.82, 2.24) is 74.8 Å². The summed E-state index contributed by atoms with van der Waals surface area (Å²) in [6, 6.07) is 25.4. The zero-order valence-corrected chi connectivity index (χ0v) is 89.7. The number of nitrogens with zero attached hydrogens (tertiary/aromatic N) is 20. The Balaban J connectivity index is 0.000000120. The molecule has 0 bridgehead atoms. The fourth-order valence-corrected chi connectivity index (χ4v) is 31.1. The summed E-state index contributed by atoms with van der Waals surface area (Å²) < 4.78 is 145. The second-order valence-corrected chi connectivity index (χ2v) is 52.1. The van der Waals surface area contributed by atoms with Gasteiger partial charge in [0.1, 0.15) is 39.4 Å². The van der Waals surface area contributed by atoms with Crippen molar-refractivity contribution in [2.45, 2.75) is 196 Å². The maximum Gasteiger partial charge on any atom is 0.214 e. The van der Waals surface area contributed by atoms with Gasteiger partial charge in [0.15, 0.2) is 29.1 Å². The topological polar surface area (TPSA) is 479 Å². The lowest BCUT2D eigenvalue weighted by Crippen LogP contribution is -2.44. The van der Waals surface area contributed by atoms with Crippen LogP contribution in [0.1, 0.15) is 200 Å². The Labute approximate surface area is 865 Å². The van der Waals surface area contributed by atoms with Gasteiger partial charge in [0.2, 0.25) is 11.8 Å². The fraction of sp³-hybridized carbons (Fsp3) is 0.520. The van der Waals surface area contributed by atoms with Gasteiger partial charge >= 0.3 is 0 Å². The normalized spacial score (nSPS) is 27.7. The minimum Gasteiger partial charge on any atom is -0.481 e. The van der Waals surface area contributed by atoms with Crippen molar-refractivity contribution in [2.75, 3.05) is 166 Å². The molecule has 37 nitrogen and oxygen atoms in total. The van der Waals surface area contributed by atoms with Gasteiger partial charge in [-0.3, -0.25) is 28.9 Å². The van der Waals surface area contributed by atoms with Crippen LogP contribution in [0.3, 0.4) is 0 Å². The van der Waals surface area contributed by atoms with E-state index in [-0.39, 0.29) is 56.5 Å². The molecule has 0 saturated carbocycles. The van der Waals surface area contributed by atoms with Gasteiger partial charge in [-0.2, -0.15) is 0 Å². The average molecular weight is 2130 g/mol. The summed E-state index contributed by atoms with van der Waals surface area (Å²) in [5, 5.41) is -0.973. The standard InChI is InChI=1S/C23H29N5O3S.C21H24ClN5O2S.C20H27N5O3S.C19H24ClN5O2S.C19H25N5O2S/c1-3-31-22-12-17(16-6-4-7-18(16)25-22)23-26-19(20-8-5-11-32(20,24)29)13-21(27-23)28-9-10-30-14-15(28)2;1-13-12-29-8-7-27(13)20-11-17(18-6-3-9-30(18,23)28)25-21(26-20)15-10-19(22)24-16-5-2-4-14(15)16;1-13-9-15(10-19(22-13)27-3)20-23-16(17-5-4-8-29(17,21)26)11-18(24-20)25-6-7-28-12-14(25)2;1-12-8-14(9-17(20)22-12)19-23-15(16-4-3-7-28(16,21)26)10-18(24-19)25-5-6-27-11-13(25)2;1-13-10-15(5-6-21-13)19-22-16(17-4-3-9-27(17,20)25)11-18(23-19)24-7-8-26-12-14(24)2/h4,6,12-13,15,20,24H,3,5,7-11,14H2,1-2H3;2,4,10-11,13,18,23H,3,5-9,12H2,1H3;9-11,14,17,21H,4-8,12H2,1-3H3;8-10,13,16,21H,3-7,11H2,1-2H3;5-6,10-11,14,17,20H,3-4,7-9,12H2,1-2H3/t15-,20?,32?;13-,18?,30?;14-,17?,29?;13-,16?,28?;14-,17?,27?/m11111/s1. The van der Waals surface area contributed by atoms with Gasteiger partial charge in [0.05, 0.1) is 225 Å². The largest absolute Gasteiger partial charge is 0.481 e. The highest BCUT2D eigenvalue weighted by atomic mass is 35.5. The van der Waals surface area contributed by atoms with Crippen LogP contribution in [0, 0.1) is 44.7 Å². The van der Waals surface area contributed by atoms with Gasteiger partial charge in [0.25, 0.3) is 0 Å². The molecule has 10 aromatic heterocycles. The molecule has 10 aliphatic heterocycles. The molecule has 22 rings (SSSR count). The van der Waals surface area contributed by atoms with Crippen LogP contribution in [0.2, 0.25) is 10.3 Å². The molecule has 10 aromatic rings. The number of aryl methyl sites for hydroxylation is 3. The van der Waals surface area contributed by atoms with Crippen LogP contribution in [-0.4, -0.2) is 267 Å². The molecule has 0 spiro atoms. The molecule has 44 heteroatoms. The number of ether oxygens (including phenoxy) is 7. The molecule has 12 aliphatic rings. The van der Waals surface area contributed by atoms with Crippen molar-refractivity contribution < 1.29 is 54.2 Å². The molecule has 0 radical (unpaired) electrons. The molecule has 2 aliphatic carbocycles. The van der Waals surface area contributed by atoms with E-state index in [1.165, 1.54) is 0 Å². The Morgan fingerprint density at radius 1 is 0.363 bits per heavy atom. The van der Waals surface area contributed by atoms with Crippen LogP contribution >= 0.6 is 23.2 Å². The molecule has 778 valence electrons. The zero-order chi connectivity index (χ0) is 103. The summed E-state index contributed by atoms with van der Waals surface area (Å²) in [4.78, 5) is 81.2. The maximum absolute atomic E-state index is 13.0. The van der Waals surface area contributed by atoms with Gasteiger partial charge in [-0.1, -0.05) is 47.5 Å². The Bertz CT molecular complexity index is 7190. The Kier molecular flexibility index (Phi) is 32.5. The van der Waals surface area contributed by atoms with Gasteiger partial charge < -0.3 is 57.7 Å². The summed E-state index contributed by atoms with van der Waals surface area (Å²) in [6.07, 6.45) is 19.0. The van der Waals surface area contributed by atoms with Crippen molar-refractivity contribution in [1.29, 1.82) is 23.9 Å². The Hall–Kier alpha value is -10.6. The number of aromatic nitrogens is 15. The van der Waals surface area contributed by atoms with Gasteiger partial charge in [-0.05, 0) is 163 Å². The van der Waals surface area contributed by atoms with Crippen molar-refractivity contribution in [3.63, 3.8) is 0 Å². The zero-order valence-electron chi connectivity index (χ0n) is 84.1. The summed E-state index contributed by atoms with van der Waals surface area (Å²) >= 11 is 12.5. The highest BCUT2D eigenvalue weighted by Gasteiger charge is 2.41. The van der Waals surface area contributed by atoms with Crippen molar-refractivity contribution in [3.05, 3.63) is 176 Å². The third kappa shape index (κ3) is 23.9. The number of halogens is 2. The molecule has 146 heavy (non-hydrogen) atoms. The number of pyridine rings is 5. The average Bonchev–Trinajstić information content (AvgIpc) is 1.52. The minimum atomic E-state index is -2.71. The van der Waals surface area contributed by atoms with E-state index in [0.29, 0.717) is 188 Å². The first-order valence-electron chi connectivity index (χ1n) is 50.3. The second kappa shape index (κ2) is 45.0. The van der Waals surface area contributed by atoms with Gasteiger partial charge in [0, 0.05) is 179 Å². The molecule has 5 N–H and O–H groups in total. The lowest BCUT2D eigenvalue weighted by Gasteiger charge is -2.34. The molecule has 0 amide bonds. The summed E-state index contributed by atoms with van der Waals surface area (Å²) in [7, 11) is -11.9. The van der Waals surface area contributed by atoms with E-state index >= 15 is 0 Å². The highest BCUT2D eigenvalue weighted by Crippen LogP contribution is 2.46. The molecular weight excluding hydrogens is 2000 g/mol. The van der Waals surface area contributed by atoms with E-state index in [2.05, 4.69) is 102 Å². The molecule has 15 atom stereocenters. The third-order valence-corrected chi connectivity index (χ3v) is 40.3. The minimum absolute atomic E-state index is 0.171. The number of hydrogen-bond acceptors (Lipinski definition) is 37. The van der Waals surface area contributed by atoms with E-state index in [1.807, 2.05) is 101 Å². The number of nitrogens with one attached hydrogen (secondary N) is 5. The maximum atomic E-state index is 13.0. The van der Waals surface area contributed by atoms with Crippen LogP contribution in [0.4, 0.5) is 29.1 Å². The molecule has 10 unspecified atom stereocenters. The quantitative estimate of drug-likeness (QED) is 0.0498. The van der Waals surface area contributed by atoms with Crippen LogP contribution in [0.25, 0.3) is 69.1 Å². The lowest BCUT2D eigenvalue weighted by molar-refractivity contribution is 0.0985. The SMILES string of the molecule is CCOc1cc(-c2nc(C3CCCS3(=N)=O)cc(N3CCOC[C@H]3C)n2)c2c(n1)CC=C2.COc1cc(-c2nc(C3CCCS3(=N)=O)cc(N3CCOC[C@H]3C)n2)cc(C)n1.C[C@@H]1COCCN1c1cc(C2CCCS2(=N)=O)nc(-c2cc(Cl)nc3c2C=CC3)n1.Cc1cc(-c2nc(C3CCCS3(=N)=O)cc(N3CCOC[C@H]3C)n2)cc(Cl)n1.Cc1cc(-c2nc(C3CCCS3(=N)=O)cc(N3CCOC[C@H]3C)n2)ccn1. The molecular formula is C102H129Cl2N25O12S5. The Morgan fingerprint density at radius 2 is 0.678 bits per heavy atom. The van der Waals surface area contributed by atoms with Gasteiger partial charge in [-0.15, -0.1) is 0 Å². The first kappa shape index (κ1) is 105. The third-order valence-electron chi connectivity index (χ3n) is 28.4. The number of fused-ring (bicyclic) bond motifs is 2. The number of rotatable bonds is 18. The lowest BCUT2D eigenvalue weighted by atomic mass is 10.1. The fourth-order valence-electron chi connectivity index (χ4n) is 20.9. The number of allylic oxidation sites excluding steroid dienone is 2. The summed E-state index contributed by atoms with van der Waals surface area (Å²) in [5.74, 6) is 10.0. The van der Waals surface area contributed by atoms with E-state index in [1.54, 1.807) is 25.4 Å². The van der Waals surface area contributed by atoms with Crippen molar-refractivity contribution in [3.8, 4) is 68.7 Å². The summed E-state index contributed by atoms with van der Waals surface area (Å²) in [6.45, 7) is 28.8.